The number of Topliss-reactive ketones (excluding diaryl/α,β-unsaturated/α-hetero) is 2. The number of fused-ring (bicyclic) bond motifs is 4. The maximum Gasteiger partial charge on any atom is 0.265 e. The van der Waals surface area contributed by atoms with Gasteiger partial charge >= 0.3 is 0 Å². The van der Waals surface area contributed by atoms with Crippen molar-refractivity contribution in [1.82, 2.24) is 15.5 Å². The SMILES string of the molecule is C=CCN[C@@H]1c2onc(OCc3ccccc3)c2C(=O)[C@@]2(O)C(O)=C3C(=O)c4c(OCc5ccccc5)cnc(N(C)C)c4C[C@H]3C[C@@H]12. The predicted octanol–water partition coefficient (Wildman–Crippen LogP) is 4.92. The highest BCUT2D eigenvalue weighted by molar-refractivity contribution is 6.16. The summed E-state index contributed by atoms with van der Waals surface area (Å²) in [5.74, 6) is -2.50. The van der Waals surface area contributed by atoms with Crippen molar-refractivity contribution in [2.75, 3.05) is 25.5 Å². The molecule has 3 aliphatic carbocycles. The number of anilines is 1. The summed E-state index contributed by atoms with van der Waals surface area (Å²) in [7, 11) is 3.69. The molecule has 0 amide bonds. The fourth-order valence-electron chi connectivity index (χ4n) is 7.23. The first kappa shape index (κ1) is 31.3. The van der Waals surface area contributed by atoms with Gasteiger partial charge in [-0.1, -0.05) is 66.7 Å². The number of ketones is 2. The van der Waals surface area contributed by atoms with Gasteiger partial charge in [-0.25, -0.2) is 4.98 Å². The summed E-state index contributed by atoms with van der Waals surface area (Å²) < 4.78 is 17.8. The van der Waals surface area contributed by atoms with Gasteiger partial charge in [0.15, 0.2) is 17.1 Å². The summed E-state index contributed by atoms with van der Waals surface area (Å²) in [5.41, 5.74) is 0.134. The van der Waals surface area contributed by atoms with Crippen LogP contribution in [0.3, 0.4) is 0 Å². The third-order valence-electron chi connectivity index (χ3n) is 9.45. The molecule has 0 bridgehead atoms. The number of benzene rings is 2. The Labute approximate surface area is 277 Å². The first-order valence-electron chi connectivity index (χ1n) is 15.9. The minimum absolute atomic E-state index is 0.0100. The molecule has 7 rings (SSSR count). The molecule has 2 aromatic carbocycles. The van der Waals surface area contributed by atoms with E-state index < -0.39 is 40.8 Å². The Morgan fingerprint density at radius 3 is 2.35 bits per heavy atom. The molecule has 0 aliphatic heterocycles. The monoisotopic (exact) mass is 648 g/mol. The van der Waals surface area contributed by atoms with Crippen LogP contribution >= 0.6 is 0 Å². The van der Waals surface area contributed by atoms with Crippen molar-refractivity contribution in [3.63, 3.8) is 0 Å². The molecule has 0 saturated carbocycles. The lowest BCUT2D eigenvalue weighted by Crippen LogP contribution is -2.59. The van der Waals surface area contributed by atoms with Crippen molar-refractivity contribution in [3.05, 3.63) is 124 Å². The summed E-state index contributed by atoms with van der Waals surface area (Å²) in [4.78, 5) is 35.3. The summed E-state index contributed by atoms with van der Waals surface area (Å²) in [5, 5.41) is 31.7. The second-order valence-corrected chi connectivity index (χ2v) is 12.6. The average molecular weight is 649 g/mol. The van der Waals surface area contributed by atoms with E-state index in [0.29, 0.717) is 24.3 Å². The second kappa shape index (κ2) is 12.4. The molecule has 11 nitrogen and oxygen atoms in total. The average Bonchev–Trinajstić information content (AvgIpc) is 3.52. The zero-order chi connectivity index (χ0) is 33.6. The van der Waals surface area contributed by atoms with E-state index in [1.54, 1.807) is 6.08 Å². The maximum atomic E-state index is 14.5. The number of aromatic nitrogens is 2. The van der Waals surface area contributed by atoms with Crippen LogP contribution in [0.25, 0.3) is 0 Å². The zero-order valence-electron chi connectivity index (χ0n) is 26.7. The Kier molecular flexibility index (Phi) is 8.10. The quantitative estimate of drug-likeness (QED) is 0.201. The number of hydrogen-bond acceptors (Lipinski definition) is 11. The van der Waals surface area contributed by atoms with Gasteiger partial charge in [0, 0.05) is 37.7 Å². The van der Waals surface area contributed by atoms with E-state index >= 15 is 0 Å². The minimum atomic E-state index is -2.45. The van der Waals surface area contributed by atoms with Crippen molar-refractivity contribution >= 4 is 17.4 Å². The number of carbonyl (C=O) groups excluding carboxylic acids is 2. The summed E-state index contributed by atoms with van der Waals surface area (Å²) >= 11 is 0. The van der Waals surface area contributed by atoms with Crippen molar-refractivity contribution in [2.24, 2.45) is 11.8 Å². The third kappa shape index (κ3) is 5.06. The maximum absolute atomic E-state index is 14.5. The van der Waals surface area contributed by atoms with E-state index in [9.17, 15) is 19.8 Å². The Morgan fingerprint density at radius 1 is 1.04 bits per heavy atom. The summed E-state index contributed by atoms with van der Waals surface area (Å²) in [6.45, 7) is 4.40. The normalized spacial score (nSPS) is 22.7. The number of ether oxygens (including phenoxy) is 2. The van der Waals surface area contributed by atoms with Crippen LogP contribution < -0.4 is 19.7 Å². The van der Waals surface area contributed by atoms with E-state index in [0.717, 1.165) is 11.1 Å². The number of hydrogen-bond donors (Lipinski definition) is 3. The first-order chi connectivity index (χ1) is 23.2. The molecular weight excluding hydrogens is 612 g/mol. The Bertz CT molecular complexity index is 1920. The van der Waals surface area contributed by atoms with E-state index in [1.165, 1.54) is 6.20 Å². The molecule has 0 radical (unpaired) electrons. The molecule has 3 aliphatic rings. The number of aliphatic hydroxyl groups is 2. The van der Waals surface area contributed by atoms with Gasteiger partial charge in [0.2, 0.25) is 5.78 Å². The van der Waals surface area contributed by atoms with Gasteiger partial charge < -0.3 is 34.4 Å². The second-order valence-electron chi connectivity index (χ2n) is 12.6. The van der Waals surface area contributed by atoms with Crippen LogP contribution in [0.1, 0.15) is 55.6 Å². The minimum Gasteiger partial charge on any atom is -0.508 e. The molecule has 2 aromatic heterocycles. The van der Waals surface area contributed by atoms with Gasteiger partial charge in [0.25, 0.3) is 5.88 Å². The molecule has 11 heteroatoms. The van der Waals surface area contributed by atoms with Gasteiger partial charge in [-0.15, -0.1) is 6.58 Å². The number of allylic oxidation sites excluding steroid dienone is 1. The van der Waals surface area contributed by atoms with Gasteiger partial charge in [-0.3, -0.25) is 9.59 Å². The molecule has 2 heterocycles. The summed E-state index contributed by atoms with van der Waals surface area (Å²) in [6.07, 6.45) is 3.67. The fourth-order valence-corrected chi connectivity index (χ4v) is 7.23. The number of nitrogens with zero attached hydrogens (tertiary/aromatic N) is 3. The highest BCUT2D eigenvalue weighted by Gasteiger charge is 2.63. The van der Waals surface area contributed by atoms with Crippen LogP contribution in [0, 0.1) is 11.8 Å². The smallest absolute Gasteiger partial charge is 0.265 e. The van der Waals surface area contributed by atoms with Crippen LogP contribution in [0.5, 0.6) is 11.6 Å². The molecule has 0 saturated heterocycles. The molecule has 4 atom stereocenters. The lowest BCUT2D eigenvalue weighted by molar-refractivity contribution is -0.0401. The van der Waals surface area contributed by atoms with Gasteiger partial charge in [-0.05, 0) is 35.0 Å². The van der Waals surface area contributed by atoms with E-state index in [2.05, 4.69) is 22.0 Å². The lowest BCUT2D eigenvalue weighted by atomic mass is 9.59. The van der Waals surface area contributed by atoms with Crippen molar-refractivity contribution in [3.8, 4) is 11.6 Å². The van der Waals surface area contributed by atoms with Crippen molar-refractivity contribution in [2.45, 2.75) is 37.7 Å². The Morgan fingerprint density at radius 2 is 1.71 bits per heavy atom. The number of nitrogens with one attached hydrogen (secondary N) is 1. The highest BCUT2D eigenvalue weighted by atomic mass is 16.5. The Balaban J connectivity index is 1.31. The number of carbonyl (C=O) groups is 2. The van der Waals surface area contributed by atoms with Gasteiger partial charge in [-0.2, -0.15) is 0 Å². The topological polar surface area (TPSA) is 147 Å². The molecule has 0 unspecified atom stereocenters. The molecule has 3 N–H and O–H groups in total. The summed E-state index contributed by atoms with van der Waals surface area (Å²) in [6, 6.07) is 18.1. The molecule has 0 spiro atoms. The van der Waals surface area contributed by atoms with Crippen molar-refractivity contribution < 1.29 is 33.8 Å². The standard InChI is InChI=1S/C37H36N4O7/c1-4-15-38-30-25-17-23-16-24-28(26(18-39-35(24)41(2)3)46-19-21-11-7-5-8-12-21)31(42)27(23)33(43)37(25,45)34(44)29-32(30)48-40-36(29)47-20-22-13-9-6-10-14-22/h4-14,18,23,25,30,38,43,45H,1,15-17,19-20H2,2-3H3/t23-,25-,30-,37-/m0/s1. The highest BCUT2D eigenvalue weighted by Crippen LogP contribution is 2.55. The molecule has 0 fully saturated rings. The molecular formula is C37H36N4O7. The molecule has 48 heavy (non-hydrogen) atoms. The van der Waals surface area contributed by atoms with Crippen LogP contribution in [0.2, 0.25) is 0 Å². The number of rotatable bonds is 10. The van der Waals surface area contributed by atoms with Crippen LogP contribution in [0.4, 0.5) is 5.82 Å². The van der Waals surface area contributed by atoms with E-state index in [-0.39, 0.29) is 53.7 Å². The van der Waals surface area contributed by atoms with Gasteiger partial charge in [0.1, 0.15) is 36.1 Å². The van der Waals surface area contributed by atoms with Crippen molar-refractivity contribution in [1.29, 1.82) is 0 Å². The van der Waals surface area contributed by atoms with Crippen LogP contribution in [0.15, 0.2) is 95.4 Å². The molecule has 4 aromatic rings. The van der Waals surface area contributed by atoms with E-state index in [4.69, 9.17) is 14.0 Å². The predicted molar refractivity (Wildman–Crippen MR) is 176 cm³/mol. The van der Waals surface area contributed by atoms with E-state index in [1.807, 2.05) is 79.7 Å². The Hall–Kier alpha value is -5.26. The fraction of sp³-hybridized carbons (Fsp3) is 0.297. The molecule has 246 valence electrons. The third-order valence-corrected chi connectivity index (χ3v) is 9.45. The number of aliphatic hydroxyl groups excluding tert-OH is 1. The van der Waals surface area contributed by atoms with Gasteiger partial charge in [0.05, 0.1) is 17.8 Å². The first-order valence-corrected chi connectivity index (χ1v) is 15.9. The van der Waals surface area contributed by atoms with Crippen LogP contribution in [-0.2, 0) is 19.6 Å². The lowest BCUT2D eigenvalue weighted by Gasteiger charge is -2.48. The largest absolute Gasteiger partial charge is 0.508 e. The van der Waals surface area contributed by atoms with Crippen LogP contribution in [-0.4, -0.2) is 58.2 Å². The number of pyridine rings is 1. The zero-order valence-corrected chi connectivity index (χ0v) is 26.7.